The molecule has 104 valence electrons. The maximum absolute atomic E-state index is 6.37. The van der Waals surface area contributed by atoms with Gasteiger partial charge >= 0.3 is 0 Å². The first-order valence-corrected chi connectivity index (χ1v) is 7.25. The number of hydrogen-bond acceptors (Lipinski definition) is 3. The van der Waals surface area contributed by atoms with E-state index in [2.05, 4.69) is 31.8 Å². The van der Waals surface area contributed by atoms with Crippen molar-refractivity contribution in [2.45, 2.75) is 63.9 Å². The lowest BCUT2D eigenvalue weighted by Gasteiger charge is -2.31. The van der Waals surface area contributed by atoms with Gasteiger partial charge in [-0.1, -0.05) is 19.9 Å². The van der Waals surface area contributed by atoms with Crippen molar-refractivity contribution in [2.75, 3.05) is 0 Å². The molecular formula is C16H23NO2. The second-order valence-electron chi connectivity index (χ2n) is 6.50. The Balaban J connectivity index is 1.67. The standard InChI is InChI=1S/C16H23NO2/c1-12(2)16-7-6-15(3,19-16)14(9-16)18-11-13-5-4-8-17-10-13/h4-5,8,10,12,14H,6-7,9,11H2,1-3H3/t14-,15?,16?/m1/s1. The number of ether oxygens (including phenoxy) is 2. The molecule has 0 saturated carbocycles. The van der Waals surface area contributed by atoms with Gasteiger partial charge in [-0.05, 0) is 37.3 Å². The van der Waals surface area contributed by atoms with Gasteiger partial charge in [-0.25, -0.2) is 0 Å². The van der Waals surface area contributed by atoms with E-state index >= 15 is 0 Å². The van der Waals surface area contributed by atoms with E-state index in [1.54, 1.807) is 6.20 Å². The zero-order chi connectivity index (χ0) is 13.5. The number of pyridine rings is 1. The van der Waals surface area contributed by atoms with E-state index in [1.165, 1.54) is 6.42 Å². The van der Waals surface area contributed by atoms with Crippen LogP contribution in [0.4, 0.5) is 0 Å². The summed E-state index contributed by atoms with van der Waals surface area (Å²) in [6.07, 6.45) is 7.19. The third-order valence-corrected chi connectivity index (χ3v) is 4.92. The molecule has 0 aromatic carbocycles. The Hall–Kier alpha value is -0.930. The van der Waals surface area contributed by atoms with Crippen LogP contribution in [0.1, 0.15) is 45.6 Å². The fraction of sp³-hybridized carbons (Fsp3) is 0.688. The van der Waals surface area contributed by atoms with E-state index in [4.69, 9.17) is 9.47 Å². The molecule has 3 heteroatoms. The van der Waals surface area contributed by atoms with E-state index < -0.39 is 0 Å². The summed E-state index contributed by atoms with van der Waals surface area (Å²) in [7, 11) is 0. The van der Waals surface area contributed by atoms with Crippen molar-refractivity contribution in [3.8, 4) is 0 Å². The van der Waals surface area contributed by atoms with Crippen LogP contribution < -0.4 is 0 Å². The number of hydrogen-bond donors (Lipinski definition) is 0. The summed E-state index contributed by atoms with van der Waals surface area (Å²) >= 11 is 0. The SMILES string of the molecule is CC(C)C12CCC(C)(O1)[C@H](OCc1cccnc1)C2. The summed E-state index contributed by atoms with van der Waals surface area (Å²) < 4.78 is 12.5. The van der Waals surface area contributed by atoms with E-state index in [0.29, 0.717) is 12.5 Å². The molecule has 2 unspecified atom stereocenters. The zero-order valence-corrected chi connectivity index (χ0v) is 12.1. The van der Waals surface area contributed by atoms with Gasteiger partial charge in [0.1, 0.15) is 0 Å². The lowest BCUT2D eigenvalue weighted by molar-refractivity contribution is -0.0960. The molecule has 1 aromatic rings. The highest BCUT2D eigenvalue weighted by atomic mass is 16.6. The highest BCUT2D eigenvalue weighted by Crippen LogP contribution is 2.55. The highest BCUT2D eigenvalue weighted by Gasteiger charge is 2.60. The minimum absolute atomic E-state index is 0.0500. The number of nitrogens with zero attached hydrogens (tertiary/aromatic N) is 1. The van der Waals surface area contributed by atoms with Gasteiger partial charge in [0, 0.05) is 18.8 Å². The molecule has 1 aromatic heterocycles. The fourth-order valence-corrected chi connectivity index (χ4v) is 3.48. The molecule has 2 fully saturated rings. The van der Waals surface area contributed by atoms with E-state index in [-0.39, 0.29) is 17.3 Å². The molecule has 0 amide bonds. The summed E-state index contributed by atoms with van der Waals surface area (Å²) in [6, 6.07) is 4.01. The first kappa shape index (κ1) is 13.1. The van der Waals surface area contributed by atoms with Crippen molar-refractivity contribution in [3.05, 3.63) is 30.1 Å². The zero-order valence-electron chi connectivity index (χ0n) is 12.1. The lowest BCUT2D eigenvalue weighted by Crippen LogP contribution is -2.38. The molecule has 2 bridgehead atoms. The summed E-state index contributed by atoms with van der Waals surface area (Å²) in [6.45, 7) is 7.36. The van der Waals surface area contributed by atoms with Gasteiger partial charge in [-0.2, -0.15) is 0 Å². The normalized spacial score (nSPS) is 37.2. The van der Waals surface area contributed by atoms with E-state index in [9.17, 15) is 0 Å². The molecule has 0 radical (unpaired) electrons. The smallest absolute Gasteiger partial charge is 0.0924 e. The average Bonchev–Trinajstić information content (AvgIpc) is 2.90. The molecule has 2 aliphatic rings. The monoisotopic (exact) mass is 261 g/mol. The van der Waals surface area contributed by atoms with Gasteiger partial charge in [0.25, 0.3) is 0 Å². The molecule has 0 spiro atoms. The van der Waals surface area contributed by atoms with Crippen LogP contribution in [0, 0.1) is 5.92 Å². The third-order valence-electron chi connectivity index (χ3n) is 4.92. The molecule has 3 heterocycles. The second-order valence-corrected chi connectivity index (χ2v) is 6.50. The topological polar surface area (TPSA) is 31.4 Å². The number of aromatic nitrogens is 1. The van der Waals surface area contributed by atoms with Gasteiger partial charge in [0.05, 0.1) is 23.9 Å². The molecular weight excluding hydrogens is 238 g/mol. The molecule has 3 nitrogen and oxygen atoms in total. The minimum Gasteiger partial charge on any atom is -0.370 e. The third kappa shape index (κ3) is 2.19. The molecule has 3 atom stereocenters. The van der Waals surface area contributed by atoms with Crippen molar-refractivity contribution < 1.29 is 9.47 Å². The summed E-state index contributed by atoms with van der Waals surface area (Å²) in [4.78, 5) is 4.13. The van der Waals surface area contributed by atoms with E-state index in [1.807, 2.05) is 12.3 Å². The van der Waals surface area contributed by atoms with Crippen LogP contribution in [0.2, 0.25) is 0 Å². The van der Waals surface area contributed by atoms with Crippen molar-refractivity contribution in [3.63, 3.8) is 0 Å². The predicted molar refractivity (Wildman–Crippen MR) is 73.7 cm³/mol. The van der Waals surface area contributed by atoms with Crippen LogP contribution in [0.15, 0.2) is 24.5 Å². The molecule has 19 heavy (non-hydrogen) atoms. The minimum atomic E-state index is -0.0908. The maximum Gasteiger partial charge on any atom is 0.0924 e. The van der Waals surface area contributed by atoms with Crippen LogP contribution in [-0.4, -0.2) is 22.3 Å². The summed E-state index contributed by atoms with van der Waals surface area (Å²) in [5, 5.41) is 0. The van der Waals surface area contributed by atoms with Gasteiger partial charge in [-0.15, -0.1) is 0 Å². The Labute approximate surface area is 115 Å². The Morgan fingerprint density at radius 3 is 2.95 bits per heavy atom. The van der Waals surface area contributed by atoms with Crippen LogP contribution in [0.25, 0.3) is 0 Å². The van der Waals surface area contributed by atoms with E-state index in [0.717, 1.165) is 18.4 Å². The van der Waals surface area contributed by atoms with Crippen LogP contribution in [0.3, 0.4) is 0 Å². The summed E-state index contributed by atoms with van der Waals surface area (Å²) in [5.74, 6) is 0.557. The van der Waals surface area contributed by atoms with Crippen molar-refractivity contribution >= 4 is 0 Å². The summed E-state index contributed by atoms with van der Waals surface area (Å²) in [5.41, 5.74) is 1.09. The van der Waals surface area contributed by atoms with Gasteiger partial charge < -0.3 is 9.47 Å². The quantitative estimate of drug-likeness (QED) is 0.833. The maximum atomic E-state index is 6.37. The molecule has 2 saturated heterocycles. The molecule has 3 rings (SSSR count). The number of rotatable bonds is 4. The Morgan fingerprint density at radius 2 is 2.32 bits per heavy atom. The molecule has 2 aliphatic heterocycles. The van der Waals surface area contributed by atoms with Crippen molar-refractivity contribution in [2.24, 2.45) is 5.92 Å². The van der Waals surface area contributed by atoms with Gasteiger partial charge in [0.15, 0.2) is 0 Å². The Bertz CT molecular complexity index is 447. The second kappa shape index (κ2) is 4.57. The largest absolute Gasteiger partial charge is 0.370 e. The van der Waals surface area contributed by atoms with Crippen molar-refractivity contribution in [1.29, 1.82) is 0 Å². The molecule has 0 N–H and O–H groups in total. The van der Waals surface area contributed by atoms with Crippen LogP contribution >= 0.6 is 0 Å². The first-order valence-electron chi connectivity index (χ1n) is 7.25. The van der Waals surface area contributed by atoms with Crippen LogP contribution in [-0.2, 0) is 16.1 Å². The lowest BCUT2D eigenvalue weighted by atomic mass is 9.75. The first-order chi connectivity index (χ1) is 9.04. The number of fused-ring (bicyclic) bond motifs is 2. The molecule has 0 aliphatic carbocycles. The van der Waals surface area contributed by atoms with Gasteiger partial charge in [-0.3, -0.25) is 4.98 Å². The predicted octanol–water partition coefficient (Wildman–Crippen LogP) is 3.33. The Kier molecular flexibility index (Phi) is 3.14. The highest BCUT2D eigenvalue weighted by molar-refractivity contribution is 5.11. The fourth-order valence-electron chi connectivity index (χ4n) is 3.48. The Morgan fingerprint density at radius 1 is 1.47 bits per heavy atom. The van der Waals surface area contributed by atoms with Crippen molar-refractivity contribution in [1.82, 2.24) is 4.98 Å². The van der Waals surface area contributed by atoms with Crippen LogP contribution in [0.5, 0.6) is 0 Å². The van der Waals surface area contributed by atoms with Gasteiger partial charge in [0.2, 0.25) is 0 Å². The average molecular weight is 261 g/mol.